The molecule has 0 amide bonds. The maximum Gasteiger partial charge on any atom is 0.161 e. The van der Waals surface area contributed by atoms with E-state index in [1.165, 1.54) is 0 Å². The maximum atomic E-state index is 9.89. The van der Waals surface area contributed by atoms with E-state index in [2.05, 4.69) is 0 Å². The third-order valence-electron chi connectivity index (χ3n) is 0.688. The van der Waals surface area contributed by atoms with Crippen LogP contribution < -0.4 is 0 Å². The van der Waals surface area contributed by atoms with Gasteiger partial charge in [-0.3, -0.25) is 4.79 Å². The lowest BCUT2D eigenvalue weighted by atomic mass is 10.3. The van der Waals surface area contributed by atoms with Gasteiger partial charge in [0, 0.05) is 0 Å². The van der Waals surface area contributed by atoms with Crippen molar-refractivity contribution in [2.24, 2.45) is 0 Å². The van der Waals surface area contributed by atoms with Gasteiger partial charge in [0.15, 0.2) is 6.29 Å². The number of hydrogen-bond acceptors (Lipinski definition) is 1. The van der Waals surface area contributed by atoms with Crippen LogP contribution in [-0.4, -0.2) is 6.29 Å². The van der Waals surface area contributed by atoms with Gasteiger partial charge in [0.05, 0.1) is 5.03 Å². The number of allylic oxidation sites excluding steroid dienone is 4. The van der Waals surface area contributed by atoms with E-state index in [0.29, 0.717) is 6.29 Å². The Labute approximate surface area is 60.0 Å². The number of rotatable bonds is 2. The molecule has 0 aliphatic rings. The number of carbonyl (C=O) groups excluding carboxylic acids is 1. The summed E-state index contributed by atoms with van der Waals surface area (Å²) in [6.45, 7) is 3.87. The fraction of sp³-hybridized carbons (Fsp3) is 0.286. The fourth-order valence-corrected chi connectivity index (χ4v) is 0.349. The van der Waals surface area contributed by atoms with E-state index in [1.54, 1.807) is 12.2 Å². The molecule has 0 radical (unpaired) electrons. The Bertz CT molecular complexity index is 152. The molecular formula is C7H9ClO. The minimum atomic E-state index is 0.233. The number of halogens is 1. The van der Waals surface area contributed by atoms with Gasteiger partial charge in [0.1, 0.15) is 0 Å². The molecule has 0 aromatic heterocycles. The standard InChI is InChI=1S/C7H9ClO/c1-6(2)3-4-7(8)5-9/h3-5H,1-2H3/b7-4+. The molecule has 0 fully saturated rings. The molecule has 0 aliphatic heterocycles. The largest absolute Gasteiger partial charge is 0.297 e. The van der Waals surface area contributed by atoms with E-state index in [1.807, 2.05) is 13.8 Å². The molecule has 9 heavy (non-hydrogen) atoms. The van der Waals surface area contributed by atoms with Crippen LogP contribution in [0.1, 0.15) is 13.8 Å². The van der Waals surface area contributed by atoms with E-state index in [0.717, 1.165) is 5.57 Å². The van der Waals surface area contributed by atoms with Crippen LogP contribution in [0.3, 0.4) is 0 Å². The summed E-state index contributed by atoms with van der Waals surface area (Å²) in [6.07, 6.45) is 3.97. The first-order chi connectivity index (χ1) is 4.16. The average Bonchev–Trinajstić information content (AvgIpc) is 1.83. The van der Waals surface area contributed by atoms with Crippen molar-refractivity contribution < 1.29 is 4.79 Å². The van der Waals surface area contributed by atoms with Crippen molar-refractivity contribution in [3.8, 4) is 0 Å². The Kier molecular flexibility index (Phi) is 4.06. The quantitative estimate of drug-likeness (QED) is 0.330. The van der Waals surface area contributed by atoms with Crippen LogP contribution in [0.5, 0.6) is 0 Å². The zero-order valence-electron chi connectivity index (χ0n) is 5.52. The van der Waals surface area contributed by atoms with Crippen LogP contribution in [-0.2, 0) is 4.79 Å². The second kappa shape index (κ2) is 4.33. The maximum absolute atomic E-state index is 9.89. The molecule has 0 saturated carbocycles. The molecule has 50 valence electrons. The van der Waals surface area contributed by atoms with Crippen LogP contribution >= 0.6 is 11.6 Å². The second-order valence-electron chi connectivity index (χ2n) is 1.91. The van der Waals surface area contributed by atoms with E-state index >= 15 is 0 Å². The van der Waals surface area contributed by atoms with Gasteiger partial charge in [-0.1, -0.05) is 23.3 Å². The van der Waals surface area contributed by atoms with Crippen molar-refractivity contribution in [1.82, 2.24) is 0 Å². The molecule has 0 aromatic carbocycles. The molecule has 0 aromatic rings. The minimum absolute atomic E-state index is 0.233. The summed E-state index contributed by atoms with van der Waals surface area (Å²) in [5, 5.41) is 0.233. The molecule has 2 heteroatoms. The zero-order valence-corrected chi connectivity index (χ0v) is 6.27. The van der Waals surface area contributed by atoms with Gasteiger partial charge in [-0.05, 0) is 19.9 Å². The third-order valence-corrected chi connectivity index (χ3v) is 0.904. The summed E-state index contributed by atoms with van der Waals surface area (Å²) in [7, 11) is 0. The van der Waals surface area contributed by atoms with Gasteiger partial charge in [-0.25, -0.2) is 0 Å². The van der Waals surface area contributed by atoms with Gasteiger partial charge in [0.2, 0.25) is 0 Å². The molecule has 0 saturated heterocycles. The highest BCUT2D eigenvalue weighted by Crippen LogP contribution is 1.98. The topological polar surface area (TPSA) is 17.1 Å². The first-order valence-electron chi connectivity index (χ1n) is 2.62. The Morgan fingerprint density at radius 2 is 1.89 bits per heavy atom. The fourth-order valence-electron chi connectivity index (χ4n) is 0.286. The molecule has 1 nitrogen and oxygen atoms in total. The summed E-state index contributed by atoms with van der Waals surface area (Å²) in [5.41, 5.74) is 1.12. The van der Waals surface area contributed by atoms with E-state index in [-0.39, 0.29) is 5.03 Å². The monoisotopic (exact) mass is 144 g/mol. The van der Waals surface area contributed by atoms with E-state index in [4.69, 9.17) is 11.6 Å². The van der Waals surface area contributed by atoms with Crippen LogP contribution in [0.4, 0.5) is 0 Å². The van der Waals surface area contributed by atoms with Crippen LogP contribution in [0, 0.1) is 0 Å². The lowest BCUT2D eigenvalue weighted by Crippen LogP contribution is -1.69. The third kappa shape index (κ3) is 5.31. The van der Waals surface area contributed by atoms with Gasteiger partial charge in [-0.15, -0.1) is 0 Å². The van der Waals surface area contributed by atoms with Crippen molar-refractivity contribution in [2.45, 2.75) is 13.8 Å². The molecule has 0 spiro atoms. The van der Waals surface area contributed by atoms with Crippen molar-refractivity contribution in [3.05, 3.63) is 22.8 Å². The first kappa shape index (κ1) is 8.44. The molecule has 0 N–H and O–H groups in total. The SMILES string of the molecule is CC(C)=C/C=C(/Cl)C=O. The smallest absolute Gasteiger partial charge is 0.161 e. The highest BCUT2D eigenvalue weighted by atomic mass is 35.5. The van der Waals surface area contributed by atoms with Crippen molar-refractivity contribution in [3.63, 3.8) is 0 Å². The Hall–Kier alpha value is -0.560. The van der Waals surface area contributed by atoms with Crippen LogP contribution in [0.15, 0.2) is 22.8 Å². The summed E-state index contributed by atoms with van der Waals surface area (Å²) < 4.78 is 0. The van der Waals surface area contributed by atoms with Gasteiger partial charge < -0.3 is 0 Å². The van der Waals surface area contributed by atoms with Crippen molar-refractivity contribution in [2.75, 3.05) is 0 Å². The summed E-state index contributed by atoms with van der Waals surface area (Å²) in [6, 6.07) is 0. The van der Waals surface area contributed by atoms with Gasteiger partial charge in [-0.2, -0.15) is 0 Å². The lowest BCUT2D eigenvalue weighted by molar-refractivity contribution is -0.104. The van der Waals surface area contributed by atoms with E-state index < -0.39 is 0 Å². The Morgan fingerprint density at radius 3 is 2.22 bits per heavy atom. The lowest BCUT2D eigenvalue weighted by Gasteiger charge is -1.81. The number of aldehydes is 1. The Morgan fingerprint density at radius 1 is 1.33 bits per heavy atom. The highest BCUT2D eigenvalue weighted by molar-refractivity contribution is 6.38. The van der Waals surface area contributed by atoms with Crippen molar-refractivity contribution in [1.29, 1.82) is 0 Å². The highest BCUT2D eigenvalue weighted by Gasteiger charge is 1.81. The molecule has 0 unspecified atom stereocenters. The van der Waals surface area contributed by atoms with Crippen LogP contribution in [0.2, 0.25) is 0 Å². The van der Waals surface area contributed by atoms with E-state index in [9.17, 15) is 4.79 Å². The number of hydrogen-bond donors (Lipinski definition) is 0. The molecule has 0 aliphatic carbocycles. The second-order valence-corrected chi connectivity index (χ2v) is 2.35. The number of carbonyl (C=O) groups is 1. The van der Waals surface area contributed by atoms with Crippen molar-refractivity contribution >= 4 is 17.9 Å². The van der Waals surface area contributed by atoms with Crippen LogP contribution in [0.25, 0.3) is 0 Å². The molecule has 0 bridgehead atoms. The summed E-state index contributed by atoms with van der Waals surface area (Å²) in [4.78, 5) is 9.89. The normalized spacial score (nSPS) is 10.8. The average molecular weight is 145 g/mol. The van der Waals surface area contributed by atoms with Gasteiger partial charge in [0.25, 0.3) is 0 Å². The predicted molar refractivity (Wildman–Crippen MR) is 39.4 cm³/mol. The molecule has 0 atom stereocenters. The predicted octanol–water partition coefficient (Wildman–Crippen LogP) is 2.27. The first-order valence-corrected chi connectivity index (χ1v) is 3.00. The van der Waals surface area contributed by atoms with Gasteiger partial charge >= 0.3 is 0 Å². The minimum Gasteiger partial charge on any atom is -0.297 e. The Balaban J connectivity index is 3.98. The summed E-state index contributed by atoms with van der Waals surface area (Å²) >= 11 is 5.36. The molecular weight excluding hydrogens is 136 g/mol. The molecule has 0 rings (SSSR count). The summed E-state index contributed by atoms with van der Waals surface area (Å²) in [5.74, 6) is 0. The zero-order chi connectivity index (χ0) is 7.28. The molecule has 0 heterocycles.